The number of aromatic nitrogens is 2. The molecule has 4 aromatic rings. The normalized spacial score (nSPS) is 11.2. The van der Waals surface area contributed by atoms with Crippen molar-refractivity contribution in [3.8, 4) is 5.69 Å². The van der Waals surface area contributed by atoms with Crippen LogP contribution in [0, 0.1) is 24.0 Å². The van der Waals surface area contributed by atoms with Crippen molar-refractivity contribution in [3.05, 3.63) is 86.3 Å². The molecule has 0 aliphatic rings. The fourth-order valence-corrected chi connectivity index (χ4v) is 3.22. The van der Waals surface area contributed by atoms with Gasteiger partial charge in [0, 0.05) is 34.7 Å². The summed E-state index contributed by atoms with van der Waals surface area (Å²) < 4.78 is 1.52. The number of nitro benzene ring substituents is 1. The molecule has 0 N–H and O–H groups in total. The van der Waals surface area contributed by atoms with Crippen LogP contribution in [0.1, 0.15) is 11.1 Å². The van der Waals surface area contributed by atoms with Crippen LogP contribution in [0.5, 0.6) is 0 Å². The number of hydrogen-bond acceptors (Lipinski definition) is 4. The summed E-state index contributed by atoms with van der Waals surface area (Å²) in [6.45, 7) is 3.65. The minimum absolute atomic E-state index is 0.0130. The molecule has 0 amide bonds. The van der Waals surface area contributed by atoms with Gasteiger partial charge in [0.1, 0.15) is 0 Å². The number of aryl methyl sites for hydroxylation is 2. The summed E-state index contributed by atoms with van der Waals surface area (Å²) in [4.78, 5) is 28.0. The predicted octanol–water partition coefficient (Wildman–Crippen LogP) is 4.06. The number of rotatable bonds is 2. The summed E-state index contributed by atoms with van der Waals surface area (Å²) in [6, 6.07) is 13.9. The van der Waals surface area contributed by atoms with Crippen LogP contribution in [-0.4, -0.2) is 14.5 Å². The van der Waals surface area contributed by atoms with Crippen molar-refractivity contribution in [1.82, 2.24) is 9.55 Å². The maximum Gasteiger partial charge on any atom is 0.274 e. The van der Waals surface area contributed by atoms with Crippen molar-refractivity contribution < 1.29 is 4.92 Å². The van der Waals surface area contributed by atoms with Crippen LogP contribution in [0.2, 0.25) is 0 Å². The Kier molecular flexibility index (Phi) is 3.54. The Morgan fingerprint density at radius 1 is 1.04 bits per heavy atom. The lowest BCUT2D eigenvalue weighted by Crippen LogP contribution is -2.18. The fourth-order valence-electron chi connectivity index (χ4n) is 3.22. The monoisotopic (exact) mass is 345 g/mol. The summed E-state index contributed by atoms with van der Waals surface area (Å²) in [5.74, 6) is 0. The number of fused-ring (bicyclic) bond motifs is 3. The first-order valence-electron chi connectivity index (χ1n) is 8.12. The zero-order chi connectivity index (χ0) is 18.4. The molecule has 2 aromatic heterocycles. The van der Waals surface area contributed by atoms with Gasteiger partial charge in [0.25, 0.3) is 11.2 Å². The molecule has 0 aliphatic heterocycles. The molecule has 0 fully saturated rings. The highest BCUT2D eigenvalue weighted by Gasteiger charge is 2.15. The lowest BCUT2D eigenvalue weighted by Gasteiger charge is -2.13. The van der Waals surface area contributed by atoms with Crippen LogP contribution in [0.4, 0.5) is 5.69 Å². The van der Waals surface area contributed by atoms with Gasteiger partial charge in [-0.05, 0) is 38.1 Å². The van der Waals surface area contributed by atoms with Crippen LogP contribution < -0.4 is 5.56 Å². The highest BCUT2D eigenvalue weighted by molar-refractivity contribution is 6.04. The predicted molar refractivity (Wildman–Crippen MR) is 101 cm³/mol. The molecule has 0 spiro atoms. The van der Waals surface area contributed by atoms with E-state index in [9.17, 15) is 14.9 Å². The van der Waals surface area contributed by atoms with E-state index in [0.29, 0.717) is 16.8 Å². The molecular formula is C20H15N3O3. The van der Waals surface area contributed by atoms with E-state index in [1.165, 1.54) is 16.7 Å². The van der Waals surface area contributed by atoms with E-state index in [-0.39, 0.29) is 11.2 Å². The second-order valence-electron chi connectivity index (χ2n) is 6.32. The number of pyridine rings is 2. The van der Waals surface area contributed by atoms with E-state index >= 15 is 0 Å². The lowest BCUT2D eigenvalue weighted by atomic mass is 10.1. The van der Waals surface area contributed by atoms with Gasteiger partial charge in [0.2, 0.25) is 0 Å². The number of hydrogen-bond donors (Lipinski definition) is 0. The molecule has 2 aromatic carbocycles. The van der Waals surface area contributed by atoms with Crippen LogP contribution in [0.15, 0.2) is 59.5 Å². The number of nitro groups is 1. The third-order valence-electron chi connectivity index (χ3n) is 4.52. The zero-order valence-corrected chi connectivity index (χ0v) is 14.3. The van der Waals surface area contributed by atoms with E-state index in [1.54, 1.807) is 31.3 Å². The third-order valence-corrected chi connectivity index (χ3v) is 4.52. The lowest BCUT2D eigenvalue weighted by molar-refractivity contribution is -0.385. The third kappa shape index (κ3) is 2.43. The topological polar surface area (TPSA) is 78.0 Å². The maximum absolute atomic E-state index is 12.7. The van der Waals surface area contributed by atoms with Crippen LogP contribution in [0.25, 0.3) is 27.5 Å². The van der Waals surface area contributed by atoms with Crippen molar-refractivity contribution in [2.24, 2.45) is 0 Å². The van der Waals surface area contributed by atoms with E-state index in [2.05, 4.69) is 4.98 Å². The summed E-state index contributed by atoms with van der Waals surface area (Å²) in [7, 11) is 0. The highest BCUT2D eigenvalue weighted by atomic mass is 16.6. The van der Waals surface area contributed by atoms with Crippen molar-refractivity contribution in [1.29, 1.82) is 0 Å². The van der Waals surface area contributed by atoms with Crippen LogP contribution >= 0.6 is 0 Å². The van der Waals surface area contributed by atoms with Gasteiger partial charge in [-0.3, -0.25) is 24.5 Å². The highest BCUT2D eigenvalue weighted by Crippen LogP contribution is 2.27. The molecule has 6 nitrogen and oxygen atoms in total. The first-order valence-corrected chi connectivity index (χ1v) is 8.12. The Labute approximate surface area is 148 Å². The van der Waals surface area contributed by atoms with Gasteiger partial charge in [-0.1, -0.05) is 17.7 Å². The van der Waals surface area contributed by atoms with E-state index in [4.69, 9.17) is 0 Å². The maximum atomic E-state index is 12.7. The Hall–Kier alpha value is -3.54. The first-order chi connectivity index (χ1) is 12.5. The first kappa shape index (κ1) is 16.0. The number of nitrogens with zero attached hydrogens (tertiary/aromatic N) is 3. The molecule has 128 valence electrons. The smallest absolute Gasteiger partial charge is 0.274 e. The molecule has 0 saturated heterocycles. The summed E-state index contributed by atoms with van der Waals surface area (Å²) >= 11 is 0. The molecule has 0 radical (unpaired) electrons. The van der Waals surface area contributed by atoms with Gasteiger partial charge in [0.05, 0.1) is 21.6 Å². The molecule has 0 unspecified atom stereocenters. The Morgan fingerprint density at radius 2 is 1.85 bits per heavy atom. The van der Waals surface area contributed by atoms with E-state index in [0.717, 1.165) is 21.9 Å². The second-order valence-corrected chi connectivity index (χ2v) is 6.32. The quantitative estimate of drug-likeness (QED) is 0.312. The van der Waals surface area contributed by atoms with Crippen LogP contribution in [-0.2, 0) is 0 Å². The van der Waals surface area contributed by atoms with E-state index in [1.807, 2.05) is 25.1 Å². The molecule has 0 bridgehead atoms. The van der Waals surface area contributed by atoms with Gasteiger partial charge in [-0.15, -0.1) is 0 Å². The summed E-state index contributed by atoms with van der Waals surface area (Å²) in [5.41, 5.74) is 3.27. The Morgan fingerprint density at radius 3 is 2.62 bits per heavy atom. The Bertz CT molecular complexity index is 1260. The Balaban J connectivity index is 2.18. The molecule has 26 heavy (non-hydrogen) atoms. The van der Waals surface area contributed by atoms with Crippen molar-refractivity contribution in [3.63, 3.8) is 0 Å². The molecular weight excluding hydrogens is 330 g/mol. The average molecular weight is 345 g/mol. The average Bonchev–Trinajstić information content (AvgIpc) is 2.62. The largest absolute Gasteiger partial charge is 0.276 e. The van der Waals surface area contributed by atoms with Gasteiger partial charge in [-0.25, -0.2) is 0 Å². The SMILES string of the molecule is Cc1ccc2ncc3ccc(=O)n(-c4ccc(C)c([N+](=O)[O-])c4)c3c2c1. The molecule has 6 heteroatoms. The van der Waals surface area contributed by atoms with Gasteiger partial charge < -0.3 is 0 Å². The van der Waals surface area contributed by atoms with Crippen molar-refractivity contribution in [2.45, 2.75) is 13.8 Å². The zero-order valence-electron chi connectivity index (χ0n) is 14.3. The fraction of sp³-hybridized carbons (Fsp3) is 0.100. The standard InChI is InChI=1S/C20H15N3O3/c1-12-3-7-17-16(9-12)20-14(11-21-17)5-8-19(24)22(20)15-6-4-13(2)18(10-15)23(25)26/h3-11H,1-2H3. The molecule has 2 heterocycles. The van der Waals surface area contributed by atoms with E-state index < -0.39 is 4.92 Å². The van der Waals surface area contributed by atoms with Gasteiger partial charge in [0.15, 0.2) is 0 Å². The van der Waals surface area contributed by atoms with Crippen molar-refractivity contribution in [2.75, 3.05) is 0 Å². The molecule has 0 saturated carbocycles. The molecule has 0 aliphatic carbocycles. The van der Waals surface area contributed by atoms with Crippen LogP contribution in [0.3, 0.4) is 0 Å². The second kappa shape index (κ2) is 5.77. The molecule has 0 atom stereocenters. The van der Waals surface area contributed by atoms with Gasteiger partial charge in [-0.2, -0.15) is 0 Å². The summed E-state index contributed by atoms with van der Waals surface area (Å²) in [6.07, 6.45) is 1.71. The number of benzene rings is 2. The molecule has 4 rings (SSSR count). The summed E-state index contributed by atoms with van der Waals surface area (Å²) in [5, 5.41) is 13.0. The minimum atomic E-state index is -0.432. The minimum Gasteiger partial charge on any atom is -0.276 e. The van der Waals surface area contributed by atoms with Crippen molar-refractivity contribution >= 4 is 27.5 Å². The van der Waals surface area contributed by atoms with Gasteiger partial charge >= 0.3 is 0 Å².